The normalized spacial score (nSPS) is 16.4. The van der Waals surface area contributed by atoms with Gasteiger partial charge >= 0.3 is 0 Å². The maximum Gasteiger partial charge on any atom is 0.265 e. The molecule has 37 heavy (non-hydrogen) atoms. The standard InChI is InChI=1S/C25H25N9O3/c1-13(2)16-5-3-4-14-8-15(9-17(14)16)27-25-26-11-18(23(36)28-25)24-32-31-21(37-24)10-22(35)34-7-6-19-20(12-34)30-33-29-19/h3-5,11,15H,1,6-10,12H2,2H3,(H,29,30,33)(H2,26,27,28,36). The Kier molecular flexibility index (Phi) is 5.63. The second-order valence-electron chi connectivity index (χ2n) is 9.41. The molecule has 0 bridgehead atoms. The van der Waals surface area contributed by atoms with Gasteiger partial charge in [-0.3, -0.25) is 14.6 Å². The smallest absolute Gasteiger partial charge is 0.265 e. The lowest BCUT2D eigenvalue weighted by atomic mass is 9.99. The fourth-order valence-electron chi connectivity index (χ4n) is 4.96. The van der Waals surface area contributed by atoms with E-state index in [2.05, 4.69) is 59.6 Å². The zero-order valence-corrected chi connectivity index (χ0v) is 20.2. The number of nitrogens with one attached hydrogen (secondary N) is 3. The highest BCUT2D eigenvalue weighted by Gasteiger charge is 2.26. The zero-order chi connectivity index (χ0) is 25.5. The highest BCUT2D eigenvalue weighted by atomic mass is 16.4. The lowest BCUT2D eigenvalue weighted by molar-refractivity contribution is -0.131. The van der Waals surface area contributed by atoms with Gasteiger partial charge in [-0.2, -0.15) is 15.4 Å². The minimum Gasteiger partial charge on any atom is -0.420 e. The van der Waals surface area contributed by atoms with Crippen LogP contribution < -0.4 is 10.9 Å². The van der Waals surface area contributed by atoms with Crippen LogP contribution in [0, 0.1) is 0 Å². The predicted molar refractivity (Wildman–Crippen MR) is 133 cm³/mol. The molecule has 1 atom stereocenters. The number of hydrogen-bond acceptors (Lipinski definition) is 9. The Balaban J connectivity index is 1.11. The molecule has 0 radical (unpaired) electrons. The van der Waals surface area contributed by atoms with E-state index < -0.39 is 5.56 Å². The van der Waals surface area contributed by atoms with E-state index in [9.17, 15) is 9.59 Å². The molecule has 1 aliphatic carbocycles. The van der Waals surface area contributed by atoms with Crippen molar-refractivity contribution in [2.45, 2.75) is 45.2 Å². The number of carbonyl (C=O) groups is 1. The number of H-pyrrole nitrogens is 2. The molecule has 4 heterocycles. The average Bonchev–Trinajstić information content (AvgIpc) is 3.62. The van der Waals surface area contributed by atoms with Crippen molar-refractivity contribution in [3.05, 3.63) is 75.3 Å². The molecule has 1 aliphatic heterocycles. The first-order valence-electron chi connectivity index (χ1n) is 12.1. The number of anilines is 1. The number of amides is 1. The molecular formula is C25H25N9O3. The van der Waals surface area contributed by atoms with Crippen LogP contribution in [-0.2, 0) is 37.0 Å². The molecular weight excluding hydrogens is 474 g/mol. The summed E-state index contributed by atoms with van der Waals surface area (Å²) in [7, 11) is 0. The molecule has 12 nitrogen and oxygen atoms in total. The van der Waals surface area contributed by atoms with Crippen LogP contribution in [0.2, 0.25) is 0 Å². The maximum atomic E-state index is 12.8. The van der Waals surface area contributed by atoms with Crippen LogP contribution >= 0.6 is 0 Å². The van der Waals surface area contributed by atoms with Crippen molar-refractivity contribution in [2.24, 2.45) is 0 Å². The summed E-state index contributed by atoms with van der Waals surface area (Å²) < 4.78 is 5.63. The minimum absolute atomic E-state index is 0.0138. The van der Waals surface area contributed by atoms with Gasteiger partial charge in [0.25, 0.3) is 11.4 Å². The number of aromatic amines is 2. The van der Waals surface area contributed by atoms with Crippen molar-refractivity contribution in [3.63, 3.8) is 0 Å². The lowest BCUT2D eigenvalue weighted by Gasteiger charge is -2.24. The van der Waals surface area contributed by atoms with Gasteiger partial charge in [0.2, 0.25) is 17.7 Å². The van der Waals surface area contributed by atoms with Crippen LogP contribution in [0.3, 0.4) is 0 Å². The highest BCUT2D eigenvalue weighted by molar-refractivity contribution is 5.78. The molecule has 0 saturated carbocycles. The fourth-order valence-corrected chi connectivity index (χ4v) is 4.96. The largest absolute Gasteiger partial charge is 0.420 e. The van der Waals surface area contributed by atoms with Gasteiger partial charge in [-0.05, 0) is 36.5 Å². The highest BCUT2D eigenvalue weighted by Crippen LogP contribution is 2.30. The van der Waals surface area contributed by atoms with E-state index in [1.807, 2.05) is 13.0 Å². The molecule has 4 aromatic rings. The summed E-state index contributed by atoms with van der Waals surface area (Å²) >= 11 is 0. The van der Waals surface area contributed by atoms with Gasteiger partial charge in [0.1, 0.15) is 17.7 Å². The van der Waals surface area contributed by atoms with Crippen molar-refractivity contribution in [1.29, 1.82) is 0 Å². The number of fused-ring (bicyclic) bond motifs is 2. The Morgan fingerprint density at radius 2 is 2.11 bits per heavy atom. The lowest BCUT2D eigenvalue weighted by Crippen LogP contribution is -2.37. The number of rotatable bonds is 6. The Hall–Kier alpha value is -4.61. The van der Waals surface area contributed by atoms with Crippen molar-refractivity contribution < 1.29 is 9.21 Å². The molecule has 1 unspecified atom stereocenters. The summed E-state index contributed by atoms with van der Waals surface area (Å²) in [6.45, 7) is 7.01. The fraction of sp³-hybridized carbons (Fsp3) is 0.320. The molecule has 3 aromatic heterocycles. The maximum absolute atomic E-state index is 12.8. The number of nitrogens with zero attached hydrogens (tertiary/aromatic N) is 6. The van der Waals surface area contributed by atoms with Crippen LogP contribution in [-0.4, -0.2) is 59.0 Å². The SMILES string of the molecule is C=C(C)c1cccc2c1CC(Nc1ncc(-c3nnc(CC(=O)N4CCc5n[nH]nc5C4)o3)c(=O)[nH]1)C2. The molecule has 1 amide bonds. The van der Waals surface area contributed by atoms with Gasteiger partial charge in [0, 0.05) is 25.2 Å². The van der Waals surface area contributed by atoms with Gasteiger partial charge < -0.3 is 14.6 Å². The van der Waals surface area contributed by atoms with Crippen molar-refractivity contribution in [2.75, 3.05) is 11.9 Å². The van der Waals surface area contributed by atoms with E-state index in [0.717, 1.165) is 29.8 Å². The van der Waals surface area contributed by atoms with E-state index >= 15 is 0 Å². The van der Waals surface area contributed by atoms with E-state index in [-0.39, 0.29) is 35.7 Å². The third kappa shape index (κ3) is 4.41. The summed E-state index contributed by atoms with van der Waals surface area (Å²) in [5.74, 6) is 0.350. The molecule has 12 heteroatoms. The van der Waals surface area contributed by atoms with Crippen LogP contribution in [0.5, 0.6) is 0 Å². The van der Waals surface area contributed by atoms with Gasteiger partial charge in [-0.25, -0.2) is 4.98 Å². The van der Waals surface area contributed by atoms with Gasteiger partial charge in [-0.15, -0.1) is 10.2 Å². The van der Waals surface area contributed by atoms with E-state index in [1.165, 1.54) is 22.9 Å². The Morgan fingerprint density at radius 1 is 1.24 bits per heavy atom. The van der Waals surface area contributed by atoms with Gasteiger partial charge in [0.15, 0.2) is 0 Å². The van der Waals surface area contributed by atoms with Crippen LogP contribution in [0.25, 0.3) is 17.0 Å². The topological polar surface area (TPSA) is 159 Å². The number of carbonyl (C=O) groups excluding carboxylic acids is 1. The van der Waals surface area contributed by atoms with Crippen LogP contribution in [0.4, 0.5) is 5.95 Å². The van der Waals surface area contributed by atoms with Crippen LogP contribution in [0.1, 0.15) is 40.9 Å². The summed E-state index contributed by atoms with van der Waals surface area (Å²) in [6.07, 6.45) is 3.62. The second kappa shape index (κ2) is 9.12. The summed E-state index contributed by atoms with van der Waals surface area (Å²) in [4.78, 5) is 34.3. The summed E-state index contributed by atoms with van der Waals surface area (Å²) in [5, 5.41) is 22.0. The molecule has 0 spiro atoms. The quantitative estimate of drug-likeness (QED) is 0.359. The number of aromatic nitrogens is 7. The monoisotopic (exact) mass is 499 g/mol. The van der Waals surface area contributed by atoms with E-state index in [1.54, 1.807) is 4.90 Å². The number of hydrogen-bond donors (Lipinski definition) is 3. The first-order valence-corrected chi connectivity index (χ1v) is 12.1. The number of benzene rings is 1. The van der Waals surface area contributed by atoms with Crippen LogP contribution in [0.15, 0.2) is 40.2 Å². The molecule has 0 fully saturated rings. The first kappa shape index (κ1) is 22.8. The van der Waals surface area contributed by atoms with Crippen molar-refractivity contribution in [1.82, 2.24) is 40.5 Å². The first-order chi connectivity index (χ1) is 17.9. The van der Waals surface area contributed by atoms with Gasteiger partial charge in [0.05, 0.1) is 12.2 Å². The van der Waals surface area contributed by atoms with E-state index in [4.69, 9.17) is 4.42 Å². The third-order valence-corrected chi connectivity index (χ3v) is 6.80. The second-order valence-corrected chi connectivity index (χ2v) is 9.41. The Labute approximate surface area is 211 Å². The van der Waals surface area contributed by atoms with Gasteiger partial charge in [-0.1, -0.05) is 30.4 Å². The molecule has 1 aromatic carbocycles. The summed E-state index contributed by atoms with van der Waals surface area (Å²) in [6, 6.07) is 6.36. The van der Waals surface area contributed by atoms with E-state index in [0.29, 0.717) is 25.5 Å². The zero-order valence-electron chi connectivity index (χ0n) is 20.2. The molecule has 2 aliphatic rings. The van der Waals surface area contributed by atoms with Crippen molar-refractivity contribution >= 4 is 17.4 Å². The third-order valence-electron chi connectivity index (χ3n) is 6.80. The molecule has 188 valence electrons. The Morgan fingerprint density at radius 3 is 2.95 bits per heavy atom. The Bertz CT molecular complexity index is 1570. The molecule has 6 rings (SSSR count). The minimum atomic E-state index is -0.410. The molecule has 0 saturated heterocycles. The summed E-state index contributed by atoms with van der Waals surface area (Å²) in [5.41, 5.74) is 6.13. The average molecular weight is 500 g/mol. The number of allylic oxidation sites excluding steroid dienone is 1. The van der Waals surface area contributed by atoms with Crippen molar-refractivity contribution in [3.8, 4) is 11.5 Å². The molecule has 3 N–H and O–H groups in total. The predicted octanol–water partition coefficient (Wildman–Crippen LogP) is 1.68.